The third-order valence-corrected chi connectivity index (χ3v) is 66.6. The standard InChI is InChI=1S/2C28H29.C2H7Si.2ClH.Zr/c2*1-5-20(4)23-17-22-15-16-24(19(2)3)28(27(22)18-23)26-14-10-9-13-25(26)21-11-7-6-8-12-21;1-3-2;;;/h2*6-20H,5H2,1-4H3;3H,1-2H3;2*1H;/q;;;;;+2/p-2. The summed E-state index contributed by atoms with van der Waals surface area (Å²) < 4.78 is 0.0157. The first-order valence-electron chi connectivity index (χ1n) is 23.4. The molecule has 6 aromatic rings. The van der Waals surface area contributed by atoms with E-state index in [9.17, 15) is 17.0 Å². The molecule has 0 amide bonds. The number of benzene rings is 6. The molecule has 2 aliphatic rings. The zero-order chi connectivity index (χ0) is 44.1. The van der Waals surface area contributed by atoms with Crippen molar-refractivity contribution >= 4 is 35.1 Å². The molecule has 0 heterocycles. The van der Waals surface area contributed by atoms with Crippen molar-refractivity contribution in [3.8, 4) is 44.5 Å². The van der Waals surface area contributed by atoms with Gasteiger partial charge in [-0.2, -0.15) is 0 Å². The van der Waals surface area contributed by atoms with Crippen molar-refractivity contribution in [2.24, 2.45) is 11.8 Å². The van der Waals surface area contributed by atoms with Crippen molar-refractivity contribution in [2.75, 3.05) is 0 Å². The summed E-state index contributed by atoms with van der Waals surface area (Å²) in [5.41, 5.74) is 21.4. The van der Waals surface area contributed by atoms with E-state index in [-0.39, 0.29) is 7.25 Å². The second-order valence-corrected chi connectivity index (χ2v) is 61.9. The maximum absolute atomic E-state index is 9.20. The fourth-order valence-electron chi connectivity index (χ4n) is 11.1. The predicted molar refractivity (Wildman–Crippen MR) is 274 cm³/mol. The zero-order valence-electron chi connectivity index (χ0n) is 38.6. The van der Waals surface area contributed by atoms with Crippen LogP contribution in [0.25, 0.3) is 56.7 Å². The average molecular weight is 952 g/mol. The SMILES string of the molecule is CCC(C)C1=Cc2c(ccc(C(C)C)c2-c2ccccc2-c2ccccc2)[CH]1[Zr]([Cl])([Cl])([CH]1C(C(C)CC)=Cc2c1ccc(C(C)C)c2-c1ccccc1-c1ccccc1)[SiH](C)C. The van der Waals surface area contributed by atoms with Crippen LogP contribution in [-0.2, 0) is 15.6 Å². The Labute approximate surface area is 382 Å². The van der Waals surface area contributed by atoms with Crippen LogP contribution in [0.5, 0.6) is 0 Å². The topological polar surface area (TPSA) is 0 Å². The second-order valence-electron chi connectivity index (χ2n) is 19.4. The first-order valence-corrected chi connectivity index (χ1v) is 39.7. The van der Waals surface area contributed by atoms with Gasteiger partial charge in [0.2, 0.25) is 0 Å². The summed E-state index contributed by atoms with van der Waals surface area (Å²) in [6, 6.07) is 49.7. The second kappa shape index (κ2) is 17.8. The van der Waals surface area contributed by atoms with E-state index < -0.39 is 21.5 Å². The molecule has 0 saturated carbocycles. The fourth-order valence-corrected chi connectivity index (χ4v) is 42.3. The number of allylic oxidation sites excluding steroid dienone is 2. The predicted octanol–water partition coefficient (Wildman–Crippen LogP) is 18.3. The van der Waals surface area contributed by atoms with Crippen LogP contribution >= 0.6 is 17.0 Å². The van der Waals surface area contributed by atoms with Crippen molar-refractivity contribution in [1.29, 1.82) is 0 Å². The first-order chi connectivity index (χ1) is 29.7. The molecule has 0 nitrogen and oxygen atoms in total. The van der Waals surface area contributed by atoms with Crippen molar-refractivity contribution in [3.63, 3.8) is 0 Å². The Hall–Kier alpha value is -3.52. The molecule has 62 heavy (non-hydrogen) atoms. The molecule has 6 aromatic carbocycles. The van der Waals surface area contributed by atoms with E-state index in [2.05, 4.69) is 214 Å². The third kappa shape index (κ3) is 7.48. The minimum absolute atomic E-state index is 0.00785. The van der Waals surface area contributed by atoms with Gasteiger partial charge in [-0.1, -0.05) is 0 Å². The van der Waals surface area contributed by atoms with Crippen LogP contribution in [0, 0.1) is 11.8 Å². The van der Waals surface area contributed by atoms with Gasteiger partial charge in [-0.3, -0.25) is 0 Å². The van der Waals surface area contributed by atoms with Gasteiger partial charge >= 0.3 is 385 Å². The molecule has 0 saturated heterocycles. The Kier molecular flexibility index (Phi) is 12.9. The number of halogens is 2. The molecule has 4 atom stereocenters. The van der Waals surface area contributed by atoms with Gasteiger partial charge in [0.1, 0.15) is 0 Å². The Morgan fingerprint density at radius 3 is 1.13 bits per heavy atom. The zero-order valence-corrected chi connectivity index (χ0v) is 43.7. The van der Waals surface area contributed by atoms with Crippen LogP contribution in [-0.4, -0.2) is 5.92 Å². The molecule has 319 valence electrons. The molecule has 2 aliphatic carbocycles. The molecule has 0 fully saturated rings. The molecule has 0 bridgehead atoms. The molecular weight excluding hydrogens is 887 g/mol. The fraction of sp³-hybridized carbons (Fsp3) is 0.310. The van der Waals surface area contributed by atoms with Gasteiger partial charge in [0.05, 0.1) is 0 Å². The van der Waals surface area contributed by atoms with Gasteiger partial charge in [0.25, 0.3) is 0 Å². The summed E-state index contributed by atoms with van der Waals surface area (Å²) in [6.45, 7) is 23.9. The number of rotatable bonds is 13. The Morgan fingerprint density at radius 2 is 0.806 bits per heavy atom. The Morgan fingerprint density at radius 1 is 0.468 bits per heavy atom. The van der Waals surface area contributed by atoms with Crippen LogP contribution in [0.3, 0.4) is 0 Å². The van der Waals surface area contributed by atoms with E-state index >= 15 is 0 Å². The molecule has 8 rings (SSSR count). The van der Waals surface area contributed by atoms with Crippen molar-refractivity contribution in [3.05, 3.63) is 178 Å². The molecule has 4 heteroatoms. The Bertz CT molecular complexity index is 2490. The molecule has 0 N–H and O–H groups in total. The summed E-state index contributed by atoms with van der Waals surface area (Å²) in [6.07, 6.45) is 7.26. The molecular formula is C58H65Cl2SiZr. The van der Waals surface area contributed by atoms with Gasteiger partial charge in [0, 0.05) is 0 Å². The van der Waals surface area contributed by atoms with Crippen LogP contribution in [0.15, 0.2) is 145 Å². The summed E-state index contributed by atoms with van der Waals surface area (Å²) in [4.78, 5) is 0. The van der Waals surface area contributed by atoms with E-state index in [0.717, 1.165) is 12.8 Å². The van der Waals surface area contributed by atoms with Gasteiger partial charge < -0.3 is 0 Å². The van der Waals surface area contributed by atoms with Gasteiger partial charge in [-0.25, -0.2) is 0 Å². The minimum atomic E-state index is -5.20. The van der Waals surface area contributed by atoms with Crippen LogP contribution in [0.2, 0.25) is 13.1 Å². The van der Waals surface area contributed by atoms with Crippen LogP contribution in [0.4, 0.5) is 0 Å². The summed E-state index contributed by atoms with van der Waals surface area (Å²) >= 11 is -5.20. The van der Waals surface area contributed by atoms with Crippen molar-refractivity contribution in [1.82, 2.24) is 0 Å². The van der Waals surface area contributed by atoms with E-state index in [0.29, 0.717) is 23.7 Å². The van der Waals surface area contributed by atoms with Crippen molar-refractivity contribution < 1.29 is 15.6 Å². The molecule has 0 aromatic heterocycles. The molecule has 4 unspecified atom stereocenters. The monoisotopic (exact) mass is 949 g/mol. The maximum atomic E-state index is 9.20. The van der Waals surface area contributed by atoms with E-state index in [4.69, 9.17) is 0 Å². The number of hydrogen-bond acceptors (Lipinski definition) is 0. The summed E-state index contributed by atoms with van der Waals surface area (Å²) in [5, 5.41) is 0. The normalized spacial score (nSPS) is 17.7. The van der Waals surface area contributed by atoms with Gasteiger partial charge in [0.15, 0.2) is 0 Å². The molecule has 0 spiro atoms. The number of fused-ring (bicyclic) bond motifs is 2. The molecule has 0 radical (unpaired) electrons. The Balaban J connectivity index is 1.44. The third-order valence-electron chi connectivity index (χ3n) is 14.9. The van der Waals surface area contributed by atoms with E-state index in [1.165, 1.54) is 89.0 Å². The number of hydrogen-bond donors (Lipinski definition) is 0. The van der Waals surface area contributed by atoms with Crippen molar-refractivity contribution in [2.45, 2.75) is 100 Å². The molecule has 0 aliphatic heterocycles. The average Bonchev–Trinajstić information content (AvgIpc) is 3.90. The van der Waals surface area contributed by atoms with Crippen LogP contribution in [0.1, 0.15) is 121 Å². The van der Waals surface area contributed by atoms with Crippen LogP contribution < -0.4 is 0 Å². The van der Waals surface area contributed by atoms with E-state index in [1.54, 1.807) is 0 Å². The van der Waals surface area contributed by atoms with Gasteiger partial charge in [-0.15, -0.1) is 0 Å². The quantitative estimate of drug-likeness (QED) is 0.101. The van der Waals surface area contributed by atoms with Gasteiger partial charge in [-0.05, 0) is 0 Å². The van der Waals surface area contributed by atoms with E-state index in [1.807, 2.05) is 0 Å². The first kappa shape index (κ1) is 45.1. The summed E-state index contributed by atoms with van der Waals surface area (Å²) in [5.74, 6) is -0.489. The summed E-state index contributed by atoms with van der Waals surface area (Å²) in [7, 11) is 18.4.